The first-order valence-corrected chi connectivity index (χ1v) is 9.50. The lowest BCUT2D eigenvalue weighted by atomic mass is 10.0. The third-order valence-electron chi connectivity index (χ3n) is 4.19. The van der Waals surface area contributed by atoms with Crippen LogP contribution in [0, 0.1) is 11.3 Å². The number of ether oxygens (including phenoxy) is 2. The van der Waals surface area contributed by atoms with Crippen LogP contribution >= 0.6 is 11.6 Å². The maximum atomic E-state index is 12.1. The number of carbonyl (C=O) groups excluding carboxylic acids is 1. The summed E-state index contributed by atoms with van der Waals surface area (Å²) in [6.07, 6.45) is 1.75. The van der Waals surface area contributed by atoms with Crippen molar-refractivity contribution in [2.75, 3.05) is 19.0 Å². The van der Waals surface area contributed by atoms with E-state index in [4.69, 9.17) is 21.1 Å². The molecule has 1 amide bonds. The number of carbonyl (C=O) groups is 1. The van der Waals surface area contributed by atoms with E-state index in [2.05, 4.69) is 11.4 Å². The van der Waals surface area contributed by atoms with Gasteiger partial charge in [0.15, 0.2) is 18.1 Å². The van der Waals surface area contributed by atoms with Gasteiger partial charge in [0.25, 0.3) is 5.91 Å². The minimum absolute atomic E-state index is 0.158. The number of para-hydroxylation sites is 1. The molecule has 0 spiro atoms. The Bertz CT molecular complexity index is 1090. The molecule has 6 heteroatoms. The minimum atomic E-state index is -0.276. The van der Waals surface area contributed by atoms with Crippen LogP contribution < -0.4 is 14.8 Å². The molecule has 0 unspecified atom stereocenters. The van der Waals surface area contributed by atoms with E-state index < -0.39 is 0 Å². The first-order valence-electron chi connectivity index (χ1n) is 9.12. The molecule has 3 aromatic rings. The molecule has 0 aromatic heterocycles. The van der Waals surface area contributed by atoms with Crippen LogP contribution in [0.3, 0.4) is 0 Å². The maximum absolute atomic E-state index is 12.1. The van der Waals surface area contributed by atoms with Crippen molar-refractivity contribution in [2.24, 2.45) is 0 Å². The number of allylic oxidation sites excluding steroid dienone is 1. The number of hydrogen-bond acceptors (Lipinski definition) is 4. The number of methoxy groups -OCH3 is 1. The summed E-state index contributed by atoms with van der Waals surface area (Å²) in [5.74, 6) is 0.620. The fourth-order valence-electron chi connectivity index (χ4n) is 2.73. The van der Waals surface area contributed by atoms with E-state index >= 15 is 0 Å². The smallest absolute Gasteiger partial charge is 0.262 e. The Morgan fingerprint density at radius 1 is 1.07 bits per heavy atom. The minimum Gasteiger partial charge on any atom is -0.493 e. The summed E-state index contributed by atoms with van der Waals surface area (Å²) in [6, 6.07) is 23.6. The fourth-order valence-corrected chi connectivity index (χ4v) is 2.86. The Hall–Kier alpha value is -3.75. The summed E-state index contributed by atoms with van der Waals surface area (Å²) in [6.45, 7) is -0.158. The number of halogens is 1. The van der Waals surface area contributed by atoms with Crippen LogP contribution in [-0.2, 0) is 4.79 Å². The molecule has 0 heterocycles. The van der Waals surface area contributed by atoms with E-state index in [9.17, 15) is 10.1 Å². The molecule has 0 aliphatic carbocycles. The molecule has 3 aromatic carbocycles. The number of amides is 1. The normalized spacial score (nSPS) is 10.8. The Morgan fingerprint density at radius 3 is 2.47 bits per heavy atom. The second kappa shape index (κ2) is 10.1. The summed E-state index contributed by atoms with van der Waals surface area (Å²) in [5, 5.41) is 12.9. The van der Waals surface area contributed by atoms with Crippen LogP contribution in [-0.4, -0.2) is 19.6 Å². The van der Waals surface area contributed by atoms with Gasteiger partial charge in [-0.2, -0.15) is 5.26 Å². The van der Waals surface area contributed by atoms with Crippen LogP contribution in [0.15, 0.2) is 72.8 Å². The first-order chi connectivity index (χ1) is 14.6. The molecule has 0 aliphatic rings. The molecule has 150 valence electrons. The van der Waals surface area contributed by atoms with Crippen molar-refractivity contribution in [1.29, 1.82) is 5.26 Å². The Labute approximate surface area is 180 Å². The van der Waals surface area contributed by atoms with Gasteiger partial charge >= 0.3 is 0 Å². The maximum Gasteiger partial charge on any atom is 0.262 e. The fraction of sp³-hybridized carbons (Fsp3) is 0.0833. The molecule has 0 saturated heterocycles. The number of rotatable bonds is 7. The average Bonchev–Trinajstić information content (AvgIpc) is 2.77. The highest BCUT2D eigenvalue weighted by Gasteiger charge is 2.09. The Morgan fingerprint density at radius 2 is 1.80 bits per heavy atom. The Balaban J connectivity index is 1.72. The van der Waals surface area contributed by atoms with Gasteiger partial charge in [0.1, 0.15) is 0 Å². The zero-order valence-electron chi connectivity index (χ0n) is 16.3. The number of anilines is 1. The highest BCUT2D eigenvalue weighted by atomic mass is 35.5. The predicted octanol–water partition coefficient (Wildman–Crippen LogP) is 5.43. The lowest BCUT2D eigenvalue weighted by Crippen LogP contribution is -2.20. The van der Waals surface area contributed by atoms with Gasteiger partial charge in [-0.25, -0.2) is 0 Å². The van der Waals surface area contributed by atoms with Crippen LogP contribution in [0.5, 0.6) is 11.5 Å². The molecular weight excluding hydrogens is 400 g/mol. The van der Waals surface area contributed by atoms with Crippen molar-refractivity contribution in [3.63, 3.8) is 0 Å². The number of nitriles is 1. The summed E-state index contributed by atoms with van der Waals surface area (Å²) >= 11 is 5.91. The summed E-state index contributed by atoms with van der Waals surface area (Å²) < 4.78 is 11.0. The molecule has 0 saturated carbocycles. The second-order valence-corrected chi connectivity index (χ2v) is 6.73. The van der Waals surface area contributed by atoms with E-state index in [0.29, 0.717) is 27.8 Å². The van der Waals surface area contributed by atoms with Crippen LogP contribution in [0.2, 0.25) is 5.02 Å². The SMILES string of the molecule is COc1cc(/C=C(/C#N)c2ccc(Cl)cc2)ccc1OCC(=O)Nc1ccccc1. The van der Waals surface area contributed by atoms with Crippen LogP contribution in [0.25, 0.3) is 11.6 Å². The van der Waals surface area contributed by atoms with Gasteiger partial charge in [-0.05, 0) is 53.6 Å². The summed E-state index contributed by atoms with van der Waals surface area (Å²) in [4.78, 5) is 12.1. The standard InChI is InChI=1S/C24H19ClN2O3/c1-29-23-14-17(13-19(15-26)18-8-10-20(25)11-9-18)7-12-22(23)30-16-24(28)27-21-5-3-2-4-6-21/h2-14H,16H2,1H3,(H,27,28)/b19-13-. The van der Waals surface area contributed by atoms with E-state index in [1.807, 2.05) is 18.2 Å². The molecule has 0 radical (unpaired) electrons. The number of benzene rings is 3. The van der Waals surface area contributed by atoms with Gasteiger partial charge in [-0.15, -0.1) is 0 Å². The lowest BCUT2D eigenvalue weighted by molar-refractivity contribution is -0.118. The highest BCUT2D eigenvalue weighted by molar-refractivity contribution is 6.30. The summed E-state index contributed by atoms with van der Waals surface area (Å²) in [5.41, 5.74) is 2.72. The molecule has 0 aliphatic heterocycles. The van der Waals surface area contributed by atoms with E-state index in [1.165, 1.54) is 7.11 Å². The molecule has 0 fully saturated rings. The molecule has 1 N–H and O–H groups in total. The van der Waals surface area contributed by atoms with Crippen molar-refractivity contribution in [1.82, 2.24) is 0 Å². The molecule has 0 atom stereocenters. The highest BCUT2D eigenvalue weighted by Crippen LogP contribution is 2.30. The van der Waals surface area contributed by atoms with Gasteiger partial charge in [-0.3, -0.25) is 4.79 Å². The lowest BCUT2D eigenvalue weighted by Gasteiger charge is -2.12. The van der Waals surface area contributed by atoms with Gasteiger partial charge in [0.05, 0.1) is 18.8 Å². The van der Waals surface area contributed by atoms with E-state index in [1.54, 1.807) is 60.7 Å². The molecule has 5 nitrogen and oxygen atoms in total. The van der Waals surface area contributed by atoms with Crippen LogP contribution in [0.4, 0.5) is 5.69 Å². The van der Waals surface area contributed by atoms with Gasteiger partial charge in [0, 0.05) is 10.7 Å². The summed E-state index contributed by atoms with van der Waals surface area (Å²) in [7, 11) is 1.52. The third kappa shape index (κ3) is 5.63. The second-order valence-electron chi connectivity index (χ2n) is 6.29. The Kier molecular flexibility index (Phi) is 7.09. The van der Waals surface area contributed by atoms with E-state index in [-0.39, 0.29) is 12.5 Å². The monoisotopic (exact) mass is 418 g/mol. The first kappa shape index (κ1) is 21.0. The molecule has 3 rings (SSSR count). The average molecular weight is 419 g/mol. The van der Waals surface area contributed by atoms with Gasteiger partial charge < -0.3 is 14.8 Å². The zero-order chi connectivity index (χ0) is 21.3. The number of nitrogens with one attached hydrogen (secondary N) is 1. The van der Waals surface area contributed by atoms with Crippen molar-refractivity contribution in [2.45, 2.75) is 0 Å². The number of hydrogen-bond donors (Lipinski definition) is 1. The molecule has 30 heavy (non-hydrogen) atoms. The third-order valence-corrected chi connectivity index (χ3v) is 4.44. The van der Waals surface area contributed by atoms with Gasteiger partial charge in [-0.1, -0.05) is 48.0 Å². The van der Waals surface area contributed by atoms with Crippen molar-refractivity contribution in [3.05, 3.63) is 88.9 Å². The van der Waals surface area contributed by atoms with E-state index in [0.717, 1.165) is 11.1 Å². The zero-order valence-corrected chi connectivity index (χ0v) is 17.0. The predicted molar refractivity (Wildman–Crippen MR) is 118 cm³/mol. The quantitative estimate of drug-likeness (QED) is 0.410. The number of nitrogens with zero attached hydrogens (tertiary/aromatic N) is 1. The largest absolute Gasteiger partial charge is 0.493 e. The molecule has 0 bridgehead atoms. The molecular formula is C24H19ClN2O3. The van der Waals surface area contributed by atoms with Crippen molar-refractivity contribution < 1.29 is 14.3 Å². The van der Waals surface area contributed by atoms with Crippen molar-refractivity contribution >= 4 is 34.8 Å². The van der Waals surface area contributed by atoms with Crippen molar-refractivity contribution in [3.8, 4) is 17.6 Å². The topological polar surface area (TPSA) is 71.3 Å². The van der Waals surface area contributed by atoms with Gasteiger partial charge in [0.2, 0.25) is 0 Å². The van der Waals surface area contributed by atoms with Crippen LogP contribution in [0.1, 0.15) is 11.1 Å².